The minimum Gasteiger partial charge on any atom is -0.457 e. The Kier molecular flexibility index (Phi) is 13.4. The van der Waals surface area contributed by atoms with Crippen molar-refractivity contribution in [1.29, 1.82) is 0 Å². The van der Waals surface area contributed by atoms with Crippen LogP contribution in [0.5, 0.6) is 0 Å². The number of furan rings is 1. The van der Waals surface area contributed by atoms with Crippen LogP contribution in [0.3, 0.4) is 0 Å². The number of aliphatic hydroxyl groups is 1. The zero-order chi connectivity index (χ0) is 48.9. The van der Waals surface area contributed by atoms with E-state index in [1.165, 1.54) is 39.2 Å². The smallest absolute Gasteiger partial charge is 0.407 e. The van der Waals surface area contributed by atoms with Gasteiger partial charge in [0.05, 0.1) is 19.0 Å². The van der Waals surface area contributed by atoms with E-state index >= 15 is 8.78 Å². The predicted octanol–water partition coefficient (Wildman–Crippen LogP) is 6.95. The largest absolute Gasteiger partial charge is 0.457 e. The summed E-state index contributed by atoms with van der Waals surface area (Å²) in [6, 6.07) is 13.8. The number of aliphatic hydroxyl groups excluding tert-OH is 1. The molecule has 5 aliphatic carbocycles. The molecule has 11 atom stereocenters. The fourth-order valence-electron chi connectivity index (χ4n) is 11.9. The van der Waals surface area contributed by atoms with Crippen molar-refractivity contribution in [2.24, 2.45) is 28.6 Å². The van der Waals surface area contributed by atoms with E-state index in [-0.39, 0.29) is 55.4 Å². The number of carbonyl (C=O) groups excluding carboxylic acids is 6. The molecule has 0 bridgehead atoms. The van der Waals surface area contributed by atoms with Gasteiger partial charge in [0.15, 0.2) is 17.1 Å². The van der Waals surface area contributed by atoms with Gasteiger partial charge in [0.1, 0.15) is 37.6 Å². The number of esters is 1. The van der Waals surface area contributed by atoms with Crippen molar-refractivity contribution in [3.05, 3.63) is 107 Å². The van der Waals surface area contributed by atoms with Crippen LogP contribution < -0.4 is 16.0 Å². The normalized spacial score (nSPS) is 30.9. The summed E-state index contributed by atoms with van der Waals surface area (Å²) in [7, 11) is 0. The Labute approximate surface area is 395 Å². The van der Waals surface area contributed by atoms with Crippen molar-refractivity contribution in [3.8, 4) is 11.1 Å². The fourth-order valence-corrected chi connectivity index (χ4v) is 12.6. The Bertz CT molecular complexity index is 2540. The first-order chi connectivity index (χ1) is 32.3. The van der Waals surface area contributed by atoms with Crippen LogP contribution in [-0.2, 0) is 40.0 Å². The minimum atomic E-state index is -2.45. The summed E-state index contributed by atoms with van der Waals surface area (Å²) in [6.07, 6.45) is -0.302. The zero-order valence-electron chi connectivity index (χ0n) is 38.1. The van der Waals surface area contributed by atoms with Crippen molar-refractivity contribution < 1.29 is 65.7 Å². The van der Waals surface area contributed by atoms with Gasteiger partial charge < -0.3 is 39.7 Å². The van der Waals surface area contributed by atoms with Crippen LogP contribution in [0.25, 0.3) is 11.1 Å². The maximum absolute atomic E-state index is 17.8. The van der Waals surface area contributed by atoms with Crippen LogP contribution >= 0.6 is 11.8 Å². The molecule has 3 amide bonds. The van der Waals surface area contributed by atoms with Gasteiger partial charge >= 0.3 is 12.1 Å². The first kappa shape index (κ1) is 48.7. The average Bonchev–Trinajstić information content (AvgIpc) is 3.97. The highest BCUT2D eigenvalue weighted by Crippen LogP contribution is 2.72. The lowest BCUT2D eigenvalue weighted by Crippen LogP contribution is -2.70. The van der Waals surface area contributed by atoms with Crippen molar-refractivity contribution in [1.82, 2.24) is 16.0 Å². The number of fused-ring (bicyclic) bond motifs is 8. The lowest BCUT2D eigenvalue weighted by Gasteiger charge is -2.63. The van der Waals surface area contributed by atoms with Gasteiger partial charge in [-0.1, -0.05) is 68.5 Å². The van der Waals surface area contributed by atoms with Crippen LogP contribution in [-0.4, -0.2) is 94.9 Å². The number of benzene rings is 2. The second kappa shape index (κ2) is 18.6. The maximum atomic E-state index is 17.8. The van der Waals surface area contributed by atoms with E-state index in [1.807, 2.05) is 48.5 Å². The molecule has 0 radical (unpaired) electrons. The van der Waals surface area contributed by atoms with E-state index < -0.39 is 118 Å². The van der Waals surface area contributed by atoms with Crippen LogP contribution in [0.1, 0.15) is 87.0 Å². The van der Waals surface area contributed by atoms with Crippen molar-refractivity contribution in [3.63, 3.8) is 0 Å². The number of alkyl carbamates (subject to hydrolysis) is 1. The fraction of sp³-hybridized carbons (Fsp3) is 0.480. The van der Waals surface area contributed by atoms with Gasteiger partial charge in [-0.3, -0.25) is 19.2 Å². The number of alkyl halides is 3. The summed E-state index contributed by atoms with van der Waals surface area (Å²) in [5.74, 6) is -6.16. The highest BCUT2D eigenvalue weighted by molar-refractivity contribution is 8.13. The van der Waals surface area contributed by atoms with Crippen LogP contribution in [0, 0.1) is 28.6 Å². The molecule has 1 heterocycles. The molecule has 0 saturated heterocycles. The second-order valence-electron chi connectivity index (χ2n) is 18.9. The van der Waals surface area contributed by atoms with E-state index in [1.54, 1.807) is 13.8 Å². The number of ether oxygens (including phenoxy) is 3. The number of amides is 3. The summed E-state index contributed by atoms with van der Waals surface area (Å²) in [6.45, 7) is 7.11. The third-order valence-corrected chi connectivity index (χ3v) is 15.9. The Morgan fingerprint density at radius 1 is 0.956 bits per heavy atom. The summed E-state index contributed by atoms with van der Waals surface area (Å²) < 4.78 is 70.4. The number of rotatable bonds is 14. The van der Waals surface area contributed by atoms with Gasteiger partial charge in [-0.2, -0.15) is 0 Å². The number of ketones is 1. The summed E-state index contributed by atoms with van der Waals surface area (Å²) in [5, 5.41) is 18.5. The van der Waals surface area contributed by atoms with E-state index in [0.29, 0.717) is 5.56 Å². The molecule has 4 N–H and O–H groups in total. The van der Waals surface area contributed by atoms with Crippen LogP contribution in [0.15, 0.2) is 89.1 Å². The van der Waals surface area contributed by atoms with E-state index in [4.69, 9.17) is 18.6 Å². The molecule has 0 spiro atoms. The molecule has 8 rings (SSSR count). The molecule has 3 aromatic rings. The molecule has 362 valence electrons. The highest BCUT2D eigenvalue weighted by Gasteiger charge is 2.78. The Morgan fingerprint density at radius 3 is 2.29 bits per heavy atom. The highest BCUT2D eigenvalue weighted by atomic mass is 32.2. The van der Waals surface area contributed by atoms with Crippen molar-refractivity contribution in [2.45, 2.75) is 102 Å². The van der Waals surface area contributed by atoms with E-state index in [9.17, 15) is 38.3 Å². The Balaban J connectivity index is 0.835. The van der Waals surface area contributed by atoms with Crippen molar-refractivity contribution in [2.75, 3.05) is 19.3 Å². The molecule has 68 heavy (non-hydrogen) atoms. The van der Waals surface area contributed by atoms with E-state index in [2.05, 4.69) is 16.0 Å². The number of nitrogens with one attached hydrogen (secondary N) is 3. The predicted molar refractivity (Wildman–Crippen MR) is 242 cm³/mol. The van der Waals surface area contributed by atoms with E-state index in [0.717, 1.165) is 34.4 Å². The molecule has 14 nitrogen and oxygen atoms in total. The molecule has 5 aliphatic rings. The molecule has 2 aromatic carbocycles. The molecular formula is C50H54F3N3O11S. The third kappa shape index (κ3) is 8.04. The maximum Gasteiger partial charge on any atom is 0.407 e. The number of halogens is 3. The quantitative estimate of drug-likeness (QED) is 0.0738. The van der Waals surface area contributed by atoms with Gasteiger partial charge in [-0.25, -0.2) is 22.8 Å². The van der Waals surface area contributed by atoms with Gasteiger partial charge in [-0.05, 0) is 104 Å². The van der Waals surface area contributed by atoms with Gasteiger partial charge in [0, 0.05) is 34.1 Å². The number of hydrogen-bond donors (Lipinski definition) is 4. The van der Waals surface area contributed by atoms with Gasteiger partial charge in [-0.15, -0.1) is 0 Å². The zero-order valence-corrected chi connectivity index (χ0v) is 39.0. The molecule has 9 unspecified atom stereocenters. The standard InChI is InChI=1S/C50H54F3N3O11S/c1-26-16-36-37-19-39(52)38-18-30(57)14-15-47(38,4)49(37,53)41(58)20-48(36,5)50(26,45(62)68-24-51)67-44(61)40-17-29(22-65-40)21-64-25-54-42(59)27(2)55-43(60)28(3)56-46(63)66-23-35-33-12-8-6-10-31(33)32-11-7-9-13-34(32)35/h6-15,17-18,22,26-28,35-37,39,41,58H,16,19-21,23-25H2,1-5H3,(H,54,59)(H,55,60)(H,56,63)/t26?,27-,28-,36?,37?,39?,41?,47?,48?,49?,50?/m0/s1. The number of thioether (sulfide) groups is 1. The molecule has 1 aromatic heterocycles. The lowest BCUT2D eigenvalue weighted by molar-refractivity contribution is -0.221. The lowest BCUT2D eigenvalue weighted by atomic mass is 9.44. The Hall–Kier alpha value is -5.72. The van der Waals surface area contributed by atoms with Crippen LogP contribution in [0.2, 0.25) is 0 Å². The third-order valence-electron chi connectivity index (χ3n) is 15.2. The first-order valence-electron chi connectivity index (χ1n) is 22.6. The number of carbonyl (C=O) groups is 6. The molecule has 3 saturated carbocycles. The summed E-state index contributed by atoms with van der Waals surface area (Å²) in [4.78, 5) is 78.7. The topological polar surface area (TPSA) is 200 Å². The summed E-state index contributed by atoms with van der Waals surface area (Å²) >= 11 is 0.282. The summed E-state index contributed by atoms with van der Waals surface area (Å²) in [5.41, 5.74) is -3.23. The van der Waals surface area contributed by atoms with Crippen molar-refractivity contribution >= 4 is 46.5 Å². The van der Waals surface area contributed by atoms with Gasteiger partial charge in [0.2, 0.25) is 22.7 Å². The minimum absolute atomic E-state index is 0.0573. The molecule has 18 heteroatoms. The number of hydrogen-bond acceptors (Lipinski definition) is 12. The molecule has 0 aliphatic heterocycles. The second-order valence-corrected chi connectivity index (χ2v) is 19.8. The Morgan fingerprint density at radius 2 is 1.62 bits per heavy atom. The first-order valence-corrected chi connectivity index (χ1v) is 23.6. The van der Waals surface area contributed by atoms with Gasteiger partial charge in [0.25, 0.3) is 0 Å². The SMILES string of the molecule is CC1CC2C3CC(F)C4=CC(=O)C=CC4(C)C3(F)C(O)CC2(C)C1(OC(=O)c1cc(COCNC(=O)[C@H](C)NC(=O)[C@H](C)NC(=O)OCC2c3ccccc3-c3ccccc32)co1)C(=O)SCF. The molecular weight excluding hydrogens is 908 g/mol. The molecule has 3 fully saturated rings. The monoisotopic (exact) mass is 961 g/mol. The number of allylic oxidation sites excluding steroid dienone is 4. The van der Waals surface area contributed by atoms with Crippen LogP contribution in [0.4, 0.5) is 18.0 Å². The average molecular weight is 962 g/mol.